The molecule has 2 aromatic heterocycles. The smallest absolute Gasteiger partial charge is 0.287 e. The van der Waals surface area contributed by atoms with Crippen LogP contribution in [0.3, 0.4) is 0 Å². The molecule has 0 saturated carbocycles. The predicted molar refractivity (Wildman–Crippen MR) is 96.7 cm³/mol. The molecule has 0 bridgehead atoms. The van der Waals surface area contributed by atoms with Crippen LogP contribution in [0.4, 0.5) is 0 Å². The average Bonchev–Trinajstić information content (AvgIpc) is 2.99. The van der Waals surface area contributed by atoms with E-state index in [1.165, 1.54) is 0 Å². The molecule has 3 heterocycles. The molecule has 0 atom stereocenters. The van der Waals surface area contributed by atoms with E-state index in [4.69, 9.17) is 0 Å². The predicted octanol–water partition coefficient (Wildman–Crippen LogP) is 2.59. The fourth-order valence-electron chi connectivity index (χ4n) is 3.09. The second kappa shape index (κ2) is 7.25. The van der Waals surface area contributed by atoms with Crippen LogP contribution in [0.25, 0.3) is 5.52 Å². The zero-order valence-corrected chi connectivity index (χ0v) is 15.2. The van der Waals surface area contributed by atoms with E-state index in [-0.39, 0.29) is 17.6 Å². The fourth-order valence-corrected chi connectivity index (χ4v) is 3.09. The van der Waals surface area contributed by atoms with Crippen LogP contribution in [0.15, 0.2) is 24.4 Å². The lowest BCUT2D eigenvalue weighted by molar-refractivity contribution is 0.0694. The van der Waals surface area contributed by atoms with Gasteiger partial charge in [-0.05, 0) is 36.8 Å². The zero-order chi connectivity index (χ0) is 18.0. The first-order chi connectivity index (χ1) is 12.0. The van der Waals surface area contributed by atoms with Crippen LogP contribution in [-0.2, 0) is 0 Å². The van der Waals surface area contributed by atoms with E-state index in [1.54, 1.807) is 10.6 Å². The zero-order valence-electron chi connectivity index (χ0n) is 15.2. The molecule has 1 aliphatic heterocycles. The molecule has 0 spiro atoms. The number of pyridine rings is 1. The maximum Gasteiger partial charge on any atom is 0.287 e. The van der Waals surface area contributed by atoms with E-state index >= 15 is 0 Å². The van der Waals surface area contributed by atoms with Gasteiger partial charge in [0.05, 0.1) is 5.52 Å². The summed E-state index contributed by atoms with van der Waals surface area (Å²) in [6.07, 6.45) is 3.81. The van der Waals surface area contributed by atoms with Crippen LogP contribution in [0.1, 0.15) is 54.7 Å². The molecule has 0 aliphatic carbocycles. The molecule has 1 saturated heterocycles. The van der Waals surface area contributed by atoms with Crippen molar-refractivity contribution in [2.45, 2.75) is 33.6 Å². The highest BCUT2D eigenvalue weighted by atomic mass is 16.2. The van der Waals surface area contributed by atoms with Crippen LogP contribution in [0, 0.1) is 11.8 Å². The highest BCUT2D eigenvalue weighted by Crippen LogP contribution is 2.20. The average molecular weight is 342 g/mol. The fraction of sp³-hybridized carbons (Fsp3) is 0.526. The third-order valence-corrected chi connectivity index (χ3v) is 4.70. The largest absolute Gasteiger partial charge is 0.349 e. The Labute approximate surface area is 148 Å². The molecule has 2 amide bonds. The first-order valence-electron chi connectivity index (χ1n) is 9.02. The second-order valence-corrected chi connectivity index (χ2v) is 7.32. The van der Waals surface area contributed by atoms with Crippen molar-refractivity contribution in [1.82, 2.24) is 19.6 Å². The van der Waals surface area contributed by atoms with E-state index in [1.807, 2.05) is 36.9 Å². The molecule has 6 nitrogen and oxygen atoms in total. The van der Waals surface area contributed by atoms with Gasteiger partial charge in [-0.3, -0.25) is 14.0 Å². The third-order valence-electron chi connectivity index (χ3n) is 4.70. The number of aromatic nitrogens is 2. The van der Waals surface area contributed by atoms with E-state index in [0.717, 1.165) is 25.9 Å². The minimum atomic E-state index is -0.249. The number of amides is 2. The molecule has 6 heteroatoms. The van der Waals surface area contributed by atoms with Gasteiger partial charge in [-0.15, -0.1) is 0 Å². The van der Waals surface area contributed by atoms with Gasteiger partial charge >= 0.3 is 0 Å². The van der Waals surface area contributed by atoms with Crippen molar-refractivity contribution in [3.8, 4) is 0 Å². The Hall–Kier alpha value is -2.37. The molecule has 0 aromatic carbocycles. The Morgan fingerprint density at radius 3 is 2.68 bits per heavy atom. The van der Waals surface area contributed by atoms with E-state index in [0.29, 0.717) is 29.6 Å². The number of rotatable bonds is 4. The Bertz CT molecular complexity index is 773. The van der Waals surface area contributed by atoms with Gasteiger partial charge in [0.15, 0.2) is 5.69 Å². The number of fused-ring (bicyclic) bond motifs is 1. The minimum absolute atomic E-state index is 0.0847. The van der Waals surface area contributed by atoms with Crippen LogP contribution >= 0.6 is 0 Å². The Morgan fingerprint density at radius 1 is 1.28 bits per heavy atom. The lowest BCUT2D eigenvalue weighted by atomic mass is 9.99. The quantitative estimate of drug-likeness (QED) is 0.929. The van der Waals surface area contributed by atoms with Crippen molar-refractivity contribution in [1.29, 1.82) is 0 Å². The van der Waals surface area contributed by atoms with Crippen molar-refractivity contribution in [2.75, 3.05) is 19.6 Å². The highest BCUT2D eigenvalue weighted by molar-refractivity contribution is 6.02. The van der Waals surface area contributed by atoms with Crippen LogP contribution in [0.2, 0.25) is 0 Å². The van der Waals surface area contributed by atoms with Gasteiger partial charge in [-0.1, -0.05) is 26.8 Å². The summed E-state index contributed by atoms with van der Waals surface area (Å²) in [5, 5.41) is 2.88. The first-order valence-corrected chi connectivity index (χ1v) is 9.02. The van der Waals surface area contributed by atoms with E-state index < -0.39 is 0 Å². The molecule has 0 unspecified atom stereocenters. The summed E-state index contributed by atoms with van der Waals surface area (Å²) < 4.78 is 1.70. The van der Waals surface area contributed by atoms with Gasteiger partial charge in [-0.2, -0.15) is 0 Å². The van der Waals surface area contributed by atoms with Crippen molar-refractivity contribution < 1.29 is 9.59 Å². The van der Waals surface area contributed by atoms with Crippen LogP contribution in [0.5, 0.6) is 0 Å². The summed E-state index contributed by atoms with van der Waals surface area (Å²) >= 11 is 0. The van der Waals surface area contributed by atoms with E-state index in [2.05, 4.69) is 17.2 Å². The van der Waals surface area contributed by atoms with E-state index in [9.17, 15) is 9.59 Å². The monoisotopic (exact) mass is 342 g/mol. The summed E-state index contributed by atoms with van der Waals surface area (Å²) in [7, 11) is 0. The lowest BCUT2D eigenvalue weighted by Crippen LogP contribution is -2.38. The lowest BCUT2D eigenvalue weighted by Gasteiger charge is -2.29. The molecule has 134 valence electrons. The Balaban J connectivity index is 1.91. The van der Waals surface area contributed by atoms with Gasteiger partial charge in [0.2, 0.25) is 5.82 Å². The SMILES string of the molecule is CC(C)CNC(=O)c1nc(C(=O)N2CCC(C)CC2)c2ccccn12. The molecule has 0 radical (unpaired) electrons. The van der Waals surface area contributed by atoms with Crippen molar-refractivity contribution in [3.63, 3.8) is 0 Å². The number of carbonyl (C=O) groups is 2. The number of carbonyl (C=O) groups excluding carboxylic acids is 2. The van der Waals surface area contributed by atoms with Gasteiger partial charge in [-0.25, -0.2) is 4.98 Å². The minimum Gasteiger partial charge on any atom is -0.349 e. The molecule has 3 rings (SSSR count). The summed E-state index contributed by atoms with van der Waals surface area (Å²) in [4.78, 5) is 31.7. The first kappa shape index (κ1) is 17.5. The summed E-state index contributed by atoms with van der Waals surface area (Å²) in [6.45, 7) is 8.37. The Morgan fingerprint density at radius 2 is 2.00 bits per heavy atom. The standard InChI is InChI=1S/C19H26N4O2/c1-13(2)12-20-18(24)17-21-16(15-6-4-5-9-23(15)17)19(25)22-10-7-14(3)8-11-22/h4-6,9,13-14H,7-8,10-12H2,1-3H3,(H,20,24). The summed E-state index contributed by atoms with van der Waals surface area (Å²) in [5.41, 5.74) is 1.05. The normalized spacial score (nSPS) is 15.8. The third kappa shape index (κ3) is 3.67. The maximum atomic E-state index is 12.9. The number of likely N-dealkylation sites (tertiary alicyclic amines) is 1. The molecule has 1 fully saturated rings. The molecular weight excluding hydrogens is 316 g/mol. The number of imidazole rings is 1. The molecule has 2 aromatic rings. The molecular formula is C19H26N4O2. The van der Waals surface area contributed by atoms with Crippen molar-refractivity contribution in [3.05, 3.63) is 35.9 Å². The summed E-state index contributed by atoms with van der Waals surface area (Å²) in [5.74, 6) is 0.941. The summed E-state index contributed by atoms with van der Waals surface area (Å²) in [6, 6.07) is 5.54. The van der Waals surface area contributed by atoms with Gasteiger partial charge in [0, 0.05) is 25.8 Å². The number of nitrogens with one attached hydrogen (secondary N) is 1. The molecule has 1 N–H and O–H groups in total. The van der Waals surface area contributed by atoms with Crippen molar-refractivity contribution >= 4 is 17.3 Å². The molecule has 25 heavy (non-hydrogen) atoms. The van der Waals surface area contributed by atoms with Crippen molar-refractivity contribution in [2.24, 2.45) is 11.8 Å². The number of hydrogen-bond donors (Lipinski definition) is 1. The van der Waals surface area contributed by atoms with Gasteiger partial charge < -0.3 is 10.2 Å². The Kier molecular flexibility index (Phi) is 5.06. The maximum absolute atomic E-state index is 12.9. The number of piperidine rings is 1. The number of hydrogen-bond acceptors (Lipinski definition) is 3. The van der Waals surface area contributed by atoms with Gasteiger partial charge in [0.1, 0.15) is 0 Å². The van der Waals surface area contributed by atoms with Gasteiger partial charge in [0.25, 0.3) is 11.8 Å². The van der Waals surface area contributed by atoms with Crippen LogP contribution < -0.4 is 5.32 Å². The highest BCUT2D eigenvalue weighted by Gasteiger charge is 2.27. The molecule has 1 aliphatic rings. The second-order valence-electron chi connectivity index (χ2n) is 7.32. The van der Waals surface area contributed by atoms with Crippen LogP contribution in [-0.4, -0.2) is 45.7 Å². The topological polar surface area (TPSA) is 66.7 Å². The number of nitrogens with zero attached hydrogens (tertiary/aromatic N) is 3.